The molecule has 172 valence electrons. The lowest BCUT2D eigenvalue weighted by molar-refractivity contribution is -0.120. The Bertz CT molecular complexity index is 879. The van der Waals surface area contributed by atoms with Crippen LogP contribution in [0.25, 0.3) is 0 Å². The van der Waals surface area contributed by atoms with E-state index in [0.29, 0.717) is 13.1 Å². The first kappa shape index (κ1) is 24.0. The van der Waals surface area contributed by atoms with Crippen molar-refractivity contribution in [2.24, 2.45) is 0 Å². The topological polar surface area (TPSA) is 64.7 Å². The molecule has 0 spiro atoms. The summed E-state index contributed by atoms with van der Waals surface area (Å²) in [4.78, 5) is 29.5. The van der Waals surface area contributed by atoms with Crippen molar-refractivity contribution in [2.75, 3.05) is 49.9 Å². The van der Waals surface area contributed by atoms with Gasteiger partial charge in [-0.25, -0.2) is 0 Å². The molecule has 2 N–H and O–H groups in total. The van der Waals surface area contributed by atoms with E-state index in [1.807, 2.05) is 27.7 Å². The van der Waals surface area contributed by atoms with Crippen molar-refractivity contribution < 1.29 is 9.59 Å². The smallest absolute Gasteiger partial charge is 0.238 e. The third-order valence-corrected chi connectivity index (χ3v) is 6.08. The van der Waals surface area contributed by atoms with Crippen molar-refractivity contribution in [3.8, 4) is 0 Å². The maximum absolute atomic E-state index is 12.6. The number of rotatable bonds is 6. The Kier molecular flexibility index (Phi) is 7.69. The van der Waals surface area contributed by atoms with E-state index in [4.69, 9.17) is 0 Å². The number of piperazine rings is 1. The molecule has 6 heteroatoms. The van der Waals surface area contributed by atoms with Crippen molar-refractivity contribution in [2.45, 2.75) is 41.5 Å². The molecule has 0 unspecified atom stereocenters. The highest BCUT2D eigenvalue weighted by molar-refractivity contribution is 5.94. The van der Waals surface area contributed by atoms with E-state index >= 15 is 0 Å². The summed E-state index contributed by atoms with van der Waals surface area (Å²) in [6.45, 7) is 16.1. The lowest BCUT2D eigenvalue weighted by atomic mass is 10.1. The molecular weight excluding hydrogens is 400 g/mol. The van der Waals surface area contributed by atoms with Crippen molar-refractivity contribution in [1.82, 2.24) is 9.80 Å². The summed E-state index contributed by atoms with van der Waals surface area (Å²) in [5.74, 6) is 0.0214. The first-order chi connectivity index (χ1) is 15.1. The van der Waals surface area contributed by atoms with Crippen LogP contribution < -0.4 is 10.6 Å². The second-order valence-corrected chi connectivity index (χ2v) is 9.20. The Morgan fingerprint density at radius 1 is 0.625 bits per heavy atom. The zero-order valence-electron chi connectivity index (χ0n) is 20.3. The average Bonchev–Trinajstić information content (AvgIpc) is 2.69. The number of anilines is 2. The molecular formula is C26H36N4O2. The number of nitrogens with zero attached hydrogens (tertiary/aromatic N) is 2. The summed E-state index contributed by atoms with van der Waals surface area (Å²) in [7, 11) is 0. The molecule has 32 heavy (non-hydrogen) atoms. The molecule has 1 fully saturated rings. The van der Waals surface area contributed by atoms with Gasteiger partial charge in [0.1, 0.15) is 0 Å². The molecule has 0 radical (unpaired) electrons. The third-order valence-electron chi connectivity index (χ3n) is 6.08. The third kappa shape index (κ3) is 6.17. The second kappa shape index (κ2) is 10.3. The van der Waals surface area contributed by atoms with E-state index < -0.39 is 0 Å². The molecule has 1 aliphatic heterocycles. The molecule has 1 saturated heterocycles. The number of hydrogen-bond acceptors (Lipinski definition) is 4. The predicted octanol–water partition coefficient (Wildman–Crippen LogP) is 3.73. The molecule has 2 aromatic rings. The van der Waals surface area contributed by atoms with Gasteiger partial charge in [-0.3, -0.25) is 19.4 Å². The second-order valence-electron chi connectivity index (χ2n) is 9.20. The van der Waals surface area contributed by atoms with E-state index in [0.717, 1.165) is 59.8 Å². The van der Waals surface area contributed by atoms with Gasteiger partial charge in [-0.2, -0.15) is 0 Å². The van der Waals surface area contributed by atoms with Crippen LogP contribution in [0.2, 0.25) is 0 Å². The van der Waals surface area contributed by atoms with E-state index in [9.17, 15) is 9.59 Å². The first-order valence-corrected chi connectivity index (χ1v) is 11.3. The van der Waals surface area contributed by atoms with Gasteiger partial charge in [0.15, 0.2) is 0 Å². The maximum Gasteiger partial charge on any atom is 0.238 e. The molecule has 0 aliphatic carbocycles. The number of hydrogen-bond donors (Lipinski definition) is 2. The van der Waals surface area contributed by atoms with E-state index in [-0.39, 0.29) is 11.8 Å². The van der Waals surface area contributed by atoms with Crippen LogP contribution in [0, 0.1) is 41.5 Å². The number of carbonyl (C=O) groups is 2. The van der Waals surface area contributed by atoms with Gasteiger partial charge in [0.05, 0.1) is 13.1 Å². The van der Waals surface area contributed by atoms with Crippen LogP contribution in [0.1, 0.15) is 33.4 Å². The Labute approximate surface area is 192 Å². The average molecular weight is 437 g/mol. The fourth-order valence-corrected chi connectivity index (χ4v) is 4.62. The summed E-state index contributed by atoms with van der Waals surface area (Å²) in [5, 5.41) is 6.16. The van der Waals surface area contributed by atoms with Gasteiger partial charge >= 0.3 is 0 Å². The normalized spacial score (nSPS) is 14.9. The van der Waals surface area contributed by atoms with E-state index in [1.54, 1.807) is 0 Å². The van der Waals surface area contributed by atoms with Crippen LogP contribution in [0.5, 0.6) is 0 Å². The molecule has 6 nitrogen and oxygen atoms in total. The SMILES string of the molecule is Cc1cc(C)c(NC(=O)CN2CCN(CC(=O)Nc3c(C)cc(C)cc3C)CC2)c(C)c1. The molecule has 2 aromatic carbocycles. The fourth-order valence-electron chi connectivity index (χ4n) is 4.62. The minimum absolute atomic E-state index is 0.0107. The zero-order valence-corrected chi connectivity index (χ0v) is 20.3. The summed E-state index contributed by atoms with van der Waals surface area (Å²) in [6.07, 6.45) is 0. The molecule has 0 aromatic heterocycles. The van der Waals surface area contributed by atoms with Gasteiger partial charge in [-0.1, -0.05) is 35.4 Å². The minimum atomic E-state index is 0.0107. The Morgan fingerprint density at radius 3 is 1.19 bits per heavy atom. The minimum Gasteiger partial charge on any atom is -0.324 e. The van der Waals surface area contributed by atoms with Crippen LogP contribution in [-0.4, -0.2) is 60.9 Å². The zero-order chi connectivity index (χ0) is 23.4. The fraction of sp³-hybridized carbons (Fsp3) is 0.462. The predicted molar refractivity (Wildman–Crippen MR) is 131 cm³/mol. The number of nitrogens with one attached hydrogen (secondary N) is 2. The van der Waals surface area contributed by atoms with E-state index in [2.05, 4.69) is 58.5 Å². The van der Waals surface area contributed by atoms with Crippen molar-refractivity contribution >= 4 is 23.2 Å². The van der Waals surface area contributed by atoms with Crippen molar-refractivity contribution in [3.63, 3.8) is 0 Å². The van der Waals surface area contributed by atoms with Gasteiger partial charge in [0.2, 0.25) is 11.8 Å². The molecule has 1 heterocycles. The van der Waals surface area contributed by atoms with Gasteiger partial charge in [0.25, 0.3) is 0 Å². The molecule has 0 atom stereocenters. The van der Waals surface area contributed by atoms with Gasteiger partial charge in [-0.05, 0) is 63.8 Å². The van der Waals surface area contributed by atoms with Crippen LogP contribution in [0.3, 0.4) is 0 Å². The monoisotopic (exact) mass is 436 g/mol. The number of amides is 2. The van der Waals surface area contributed by atoms with Crippen molar-refractivity contribution in [1.29, 1.82) is 0 Å². The standard InChI is InChI=1S/C26H36N4O2/c1-17-11-19(3)25(20(4)12-17)27-23(31)15-29-7-9-30(10-8-29)16-24(32)28-26-21(5)13-18(2)14-22(26)6/h11-14H,7-10,15-16H2,1-6H3,(H,27,31)(H,28,32). The van der Waals surface area contributed by atoms with Crippen LogP contribution in [0.15, 0.2) is 24.3 Å². The Morgan fingerprint density at radius 2 is 0.906 bits per heavy atom. The summed E-state index contributed by atoms with van der Waals surface area (Å²) >= 11 is 0. The van der Waals surface area contributed by atoms with Gasteiger partial charge in [0, 0.05) is 37.6 Å². The maximum atomic E-state index is 12.6. The summed E-state index contributed by atoms with van der Waals surface area (Å²) in [6, 6.07) is 8.36. The molecule has 1 aliphatic rings. The van der Waals surface area contributed by atoms with Gasteiger partial charge in [-0.15, -0.1) is 0 Å². The number of benzene rings is 2. The summed E-state index contributed by atoms with van der Waals surface area (Å²) < 4.78 is 0. The van der Waals surface area contributed by atoms with Crippen molar-refractivity contribution in [3.05, 3.63) is 57.6 Å². The number of aryl methyl sites for hydroxylation is 6. The molecule has 0 saturated carbocycles. The largest absolute Gasteiger partial charge is 0.324 e. The van der Waals surface area contributed by atoms with Gasteiger partial charge < -0.3 is 10.6 Å². The Balaban J connectivity index is 1.46. The quantitative estimate of drug-likeness (QED) is 0.724. The van der Waals surface area contributed by atoms with E-state index in [1.165, 1.54) is 11.1 Å². The molecule has 3 rings (SSSR count). The highest BCUT2D eigenvalue weighted by atomic mass is 16.2. The van der Waals surface area contributed by atoms with Crippen LogP contribution in [0.4, 0.5) is 11.4 Å². The highest BCUT2D eigenvalue weighted by Crippen LogP contribution is 2.23. The highest BCUT2D eigenvalue weighted by Gasteiger charge is 2.21. The van der Waals surface area contributed by atoms with Crippen LogP contribution in [-0.2, 0) is 9.59 Å². The molecule has 0 bridgehead atoms. The Hall–Kier alpha value is -2.70. The lowest BCUT2D eigenvalue weighted by Crippen LogP contribution is -2.50. The molecule has 2 amide bonds. The lowest BCUT2D eigenvalue weighted by Gasteiger charge is -2.34. The summed E-state index contributed by atoms with van der Waals surface area (Å²) in [5.41, 5.74) is 8.58. The number of carbonyl (C=O) groups excluding carboxylic acids is 2. The first-order valence-electron chi connectivity index (χ1n) is 11.3. The van der Waals surface area contributed by atoms with Crippen LogP contribution >= 0.6 is 0 Å².